The van der Waals surface area contributed by atoms with Crippen LogP contribution in [0, 0.1) is 5.82 Å². The summed E-state index contributed by atoms with van der Waals surface area (Å²) in [5.41, 5.74) is 4.65. The van der Waals surface area contributed by atoms with Crippen molar-refractivity contribution in [3.05, 3.63) is 113 Å². The van der Waals surface area contributed by atoms with Gasteiger partial charge >= 0.3 is 41.5 Å². The zero-order valence-corrected chi connectivity index (χ0v) is 30.4. The van der Waals surface area contributed by atoms with E-state index in [2.05, 4.69) is 5.32 Å². The minimum atomic E-state index is -1.26. The van der Waals surface area contributed by atoms with Gasteiger partial charge in [-0.05, 0) is 74.7 Å². The average molecular weight is 681 g/mol. The number of aliphatic hydroxyl groups is 2. The molecule has 2 atom stereocenters. The summed E-state index contributed by atoms with van der Waals surface area (Å²) in [5.74, 6) is -2.42. The number of esters is 1. The number of halogens is 1. The third kappa shape index (κ3) is 10.5. The quantitative estimate of drug-likeness (QED) is 0.118. The number of nitrogens with one attached hydrogen (secondary N) is 1. The van der Waals surface area contributed by atoms with Crippen LogP contribution in [0.3, 0.4) is 0 Å². The number of amides is 1. The molecule has 9 nitrogen and oxygen atoms in total. The van der Waals surface area contributed by atoms with Crippen LogP contribution in [-0.4, -0.2) is 56.0 Å². The number of aliphatic hydroxyl groups excluding tert-OH is 2. The Morgan fingerprint density at radius 2 is 1.51 bits per heavy atom. The molecule has 0 saturated carbocycles. The molecule has 4 N–H and O–H groups in total. The Balaban J connectivity index is 0.00000433. The van der Waals surface area contributed by atoms with Crippen LogP contribution in [0.15, 0.2) is 84.9 Å². The molecule has 49 heavy (non-hydrogen) atoms. The number of benzene rings is 3. The standard InChI is InChI=1S/C38H41FN2O7.Na.H/c1-23(2)41-32(19-18-30(42)20-31(43)21-33(44)45)34(27-14-16-29(39)17-15-27)35(26-8-6-5-7-9-26)36(41)37(46)40-22-25-10-12-28(13-11-25)38(47)48-24(3)4;;/h5-19,23-24,30-31,42-43H,20-22H2,1-4H3,(H,40,46)(H,44,45);;/q;+1;-1/t30-,31-;;/m1../s1. The number of hydrogen-bond acceptors (Lipinski definition) is 6. The number of ether oxygens (including phenoxy) is 1. The first-order valence-corrected chi connectivity index (χ1v) is 15.8. The maximum Gasteiger partial charge on any atom is 1.00 e. The Labute approximate surface area is 309 Å². The van der Waals surface area contributed by atoms with Gasteiger partial charge in [0.2, 0.25) is 0 Å². The second-order valence-electron chi connectivity index (χ2n) is 12.1. The molecule has 0 saturated heterocycles. The summed E-state index contributed by atoms with van der Waals surface area (Å²) in [6, 6.07) is 21.8. The van der Waals surface area contributed by atoms with Crippen molar-refractivity contribution in [1.29, 1.82) is 0 Å². The maximum atomic E-state index is 14.2. The zero-order chi connectivity index (χ0) is 35.0. The van der Waals surface area contributed by atoms with Crippen LogP contribution in [0.25, 0.3) is 28.3 Å². The van der Waals surface area contributed by atoms with Crippen molar-refractivity contribution in [2.45, 2.75) is 71.4 Å². The number of rotatable bonds is 14. The molecule has 1 heterocycles. The van der Waals surface area contributed by atoms with Crippen LogP contribution < -0.4 is 34.9 Å². The Bertz CT molecular complexity index is 1760. The van der Waals surface area contributed by atoms with Gasteiger partial charge in [-0.25, -0.2) is 9.18 Å². The van der Waals surface area contributed by atoms with Crippen molar-refractivity contribution in [2.24, 2.45) is 0 Å². The van der Waals surface area contributed by atoms with Crippen molar-refractivity contribution < 1.29 is 69.8 Å². The van der Waals surface area contributed by atoms with Gasteiger partial charge in [0.05, 0.1) is 30.3 Å². The number of aliphatic carboxylic acids is 1. The molecule has 11 heteroatoms. The fraction of sp³-hybridized carbons (Fsp3) is 0.289. The fourth-order valence-electron chi connectivity index (χ4n) is 5.48. The number of nitrogens with zero attached hydrogens (tertiary/aromatic N) is 1. The SMILES string of the molecule is CC(C)OC(=O)c1ccc(CNC(=O)c2c(-c3ccccc3)c(-c3ccc(F)cc3)c(C=C[C@@H](O)C[C@@H](O)CC(=O)O)n2C(C)C)cc1.[H-].[Na+]. The average Bonchev–Trinajstić information content (AvgIpc) is 3.38. The third-order valence-corrected chi connectivity index (χ3v) is 7.56. The van der Waals surface area contributed by atoms with Gasteiger partial charge in [-0.2, -0.15) is 0 Å². The monoisotopic (exact) mass is 680 g/mol. The van der Waals surface area contributed by atoms with E-state index >= 15 is 0 Å². The second-order valence-corrected chi connectivity index (χ2v) is 12.1. The summed E-state index contributed by atoms with van der Waals surface area (Å²) >= 11 is 0. The molecule has 254 valence electrons. The van der Waals surface area contributed by atoms with E-state index < -0.39 is 36.4 Å². The van der Waals surface area contributed by atoms with E-state index in [0.717, 1.165) is 11.1 Å². The summed E-state index contributed by atoms with van der Waals surface area (Å²) < 4.78 is 21.2. The van der Waals surface area contributed by atoms with E-state index in [1.54, 1.807) is 56.3 Å². The molecule has 0 bridgehead atoms. The number of carbonyl (C=O) groups excluding carboxylic acids is 2. The maximum absolute atomic E-state index is 14.2. The van der Waals surface area contributed by atoms with Gasteiger partial charge in [0, 0.05) is 35.8 Å². The Morgan fingerprint density at radius 1 is 0.898 bits per heavy atom. The van der Waals surface area contributed by atoms with Crippen molar-refractivity contribution >= 4 is 23.9 Å². The van der Waals surface area contributed by atoms with Gasteiger partial charge in [-0.1, -0.05) is 60.7 Å². The van der Waals surface area contributed by atoms with Crippen molar-refractivity contribution in [3.8, 4) is 22.3 Å². The van der Waals surface area contributed by atoms with Crippen LogP contribution in [-0.2, 0) is 16.1 Å². The van der Waals surface area contributed by atoms with E-state index in [1.165, 1.54) is 18.2 Å². The zero-order valence-electron chi connectivity index (χ0n) is 29.4. The summed E-state index contributed by atoms with van der Waals surface area (Å²) in [5, 5.41) is 32.8. The minimum Gasteiger partial charge on any atom is -1.00 e. The minimum absolute atomic E-state index is 0. The summed E-state index contributed by atoms with van der Waals surface area (Å²) in [7, 11) is 0. The normalized spacial score (nSPS) is 12.5. The predicted octanol–water partition coefficient (Wildman–Crippen LogP) is 3.75. The number of aromatic nitrogens is 1. The van der Waals surface area contributed by atoms with Gasteiger partial charge in [0.15, 0.2) is 0 Å². The first-order valence-electron chi connectivity index (χ1n) is 15.8. The Morgan fingerprint density at radius 3 is 2.08 bits per heavy atom. The summed E-state index contributed by atoms with van der Waals surface area (Å²) in [6.07, 6.45) is -0.311. The number of hydrogen-bond donors (Lipinski definition) is 4. The molecule has 1 amide bonds. The first kappa shape index (κ1) is 39.4. The Hall–Kier alpha value is -4.06. The molecule has 0 aliphatic rings. The van der Waals surface area contributed by atoms with Gasteiger partial charge < -0.3 is 31.4 Å². The molecule has 3 aromatic carbocycles. The molecule has 1 aromatic heterocycles. The molecule has 4 aromatic rings. The topological polar surface area (TPSA) is 138 Å². The van der Waals surface area contributed by atoms with Gasteiger partial charge in [0.1, 0.15) is 11.5 Å². The van der Waals surface area contributed by atoms with Crippen LogP contribution in [0.1, 0.15) is 80.1 Å². The van der Waals surface area contributed by atoms with Crippen molar-refractivity contribution in [2.75, 3.05) is 0 Å². The molecule has 0 unspecified atom stereocenters. The van der Waals surface area contributed by atoms with Crippen molar-refractivity contribution in [1.82, 2.24) is 9.88 Å². The summed E-state index contributed by atoms with van der Waals surface area (Å²) in [6.45, 7) is 7.54. The van der Waals surface area contributed by atoms with E-state index in [9.17, 15) is 29.0 Å². The number of carboxylic acid groups (broad SMARTS) is 1. The molecule has 0 radical (unpaired) electrons. The van der Waals surface area contributed by atoms with Gasteiger partial charge in [0.25, 0.3) is 5.91 Å². The molecule has 0 spiro atoms. The Kier molecular flexibility index (Phi) is 14.5. The van der Waals surface area contributed by atoms with E-state index in [0.29, 0.717) is 33.6 Å². The molecular weight excluding hydrogens is 638 g/mol. The van der Waals surface area contributed by atoms with Crippen LogP contribution in [0.5, 0.6) is 0 Å². The summed E-state index contributed by atoms with van der Waals surface area (Å²) in [4.78, 5) is 37.6. The fourth-order valence-corrected chi connectivity index (χ4v) is 5.48. The molecule has 0 aliphatic carbocycles. The molecule has 4 rings (SSSR count). The van der Waals surface area contributed by atoms with Crippen LogP contribution in [0.2, 0.25) is 0 Å². The largest absolute Gasteiger partial charge is 1.00 e. The third-order valence-electron chi connectivity index (χ3n) is 7.56. The van der Waals surface area contributed by atoms with E-state index in [1.807, 2.05) is 48.7 Å². The smallest absolute Gasteiger partial charge is 1.00 e. The van der Waals surface area contributed by atoms with E-state index in [-0.39, 0.29) is 62.0 Å². The van der Waals surface area contributed by atoms with Gasteiger partial charge in [-0.15, -0.1) is 0 Å². The molecule has 0 aliphatic heterocycles. The number of carbonyl (C=O) groups is 3. The van der Waals surface area contributed by atoms with Crippen molar-refractivity contribution in [3.63, 3.8) is 0 Å². The molecule has 0 fully saturated rings. The van der Waals surface area contributed by atoms with Crippen LogP contribution >= 0.6 is 0 Å². The number of carboxylic acids is 1. The second kappa shape index (κ2) is 18.1. The first-order chi connectivity index (χ1) is 22.8. The van der Waals surface area contributed by atoms with E-state index in [4.69, 9.17) is 9.84 Å². The predicted molar refractivity (Wildman–Crippen MR) is 183 cm³/mol. The van der Waals surface area contributed by atoms with Crippen LogP contribution in [0.4, 0.5) is 4.39 Å². The molecular formula is C38H42FN2NaO7. The van der Waals surface area contributed by atoms with Gasteiger partial charge in [-0.3, -0.25) is 9.59 Å².